The number of carbonyl (C=O) groups excluding carboxylic acids is 2. The van der Waals surface area contributed by atoms with Gasteiger partial charge in [0.1, 0.15) is 12.4 Å². The summed E-state index contributed by atoms with van der Waals surface area (Å²) in [6.45, 7) is 4.39. The smallest absolute Gasteiger partial charge is 0.428 e. The molecule has 2 amide bonds. The second-order valence-corrected chi connectivity index (χ2v) is 4.91. The molecule has 1 aromatic rings. The van der Waals surface area contributed by atoms with E-state index in [0.29, 0.717) is 12.3 Å². The van der Waals surface area contributed by atoms with E-state index in [1.54, 1.807) is 38.3 Å². The molecule has 1 aromatic carbocycles. The van der Waals surface area contributed by atoms with Crippen molar-refractivity contribution in [1.82, 2.24) is 10.7 Å². The van der Waals surface area contributed by atoms with Crippen LogP contribution < -0.4 is 15.5 Å². The van der Waals surface area contributed by atoms with Crippen molar-refractivity contribution in [2.75, 3.05) is 13.7 Å². The normalized spacial score (nSPS) is 10.8. The second-order valence-electron chi connectivity index (χ2n) is 4.91. The van der Waals surface area contributed by atoms with Crippen LogP contribution in [0.4, 0.5) is 4.79 Å². The Hall–Kier alpha value is -2.57. The zero-order chi connectivity index (χ0) is 17.1. The van der Waals surface area contributed by atoms with E-state index in [2.05, 4.69) is 15.8 Å². The first-order valence-corrected chi connectivity index (χ1v) is 7.40. The van der Waals surface area contributed by atoms with Gasteiger partial charge < -0.3 is 14.8 Å². The summed E-state index contributed by atoms with van der Waals surface area (Å²) in [5.74, 6) is 0.612. The minimum atomic E-state index is -0.672. The number of hydrogen-bond acceptors (Lipinski definition) is 5. The lowest BCUT2D eigenvalue weighted by Crippen LogP contribution is -2.27. The molecule has 0 heterocycles. The van der Waals surface area contributed by atoms with Gasteiger partial charge in [-0.1, -0.05) is 19.1 Å². The number of nitrogens with zero attached hydrogens (tertiary/aromatic N) is 1. The Labute approximate surface area is 136 Å². The van der Waals surface area contributed by atoms with Crippen LogP contribution in [0.2, 0.25) is 0 Å². The van der Waals surface area contributed by atoms with E-state index in [4.69, 9.17) is 9.47 Å². The summed E-state index contributed by atoms with van der Waals surface area (Å²) in [7, 11) is 1.59. The van der Waals surface area contributed by atoms with E-state index in [9.17, 15) is 9.59 Å². The molecule has 7 heteroatoms. The number of rotatable bonds is 8. The highest BCUT2D eigenvalue weighted by Gasteiger charge is 2.05. The van der Waals surface area contributed by atoms with Gasteiger partial charge in [-0.3, -0.25) is 4.79 Å². The molecule has 0 aromatic heterocycles. The zero-order valence-corrected chi connectivity index (χ0v) is 13.7. The quantitative estimate of drug-likeness (QED) is 0.567. The van der Waals surface area contributed by atoms with Crippen molar-refractivity contribution in [2.45, 2.75) is 33.3 Å². The van der Waals surface area contributed by atoms with Crippen molar-refractivity contribution in [2.24, 2.45) is 5.10 Å². The fourth-order valence-corrected chi connectivity index (χ4v) is 1.64. The number of carbonyl (C=O) groups is 2. The maximum Gasteiger partial charge on any atom is 0.428 e. The van der Waals surface area contributed by atoms with E-state index >= 15 is 0 Å². The summed E-state index contributed by atoms with van der Waals surface area (Å²) in [5, 5.41) is 6.56. The Morgan fingerprint density at radius 3 is 2.52 bits per heavy atom. The number of methoxy groups -OCH3 is 1. The number of hydrazone groups is 1. The molecule has 0 aliphatic heterocycles. The van der Waals surface area contributed by atoms with Crippen LogP contribution in [0.3, 0.4) is 0 Å². The van der Waals surface area contributed by atoms with Gasteiger partial charge in [-0.15, -0.1) is 0 Å². The maximum atomic E-state index is 11.5. The van der Waals surface area contributed by atoms with Gasteiger partial charge in [-0.2, -0.15) is 5.10 Å². The number of amides is 2. The largest absolute Gasteiger partial charge is 0.497 e. The van der Waals surface area contributed by atoms with Crippen LogP contribution in [-0.4, -0.2) is 31.4 Å². The van der Waals surface area contributed by atoms with E-state index in [-0.39, 0.29) is 18.9 Å². The molecule has 1 rings (SSSR count). The molecule has 0 aliphatic carbocycles. The minimum Gasteiger partial charge on any atom is -0.497 e. The van der Waals surface area contributed by atoms with Gasteiger partial charge in [0.15, 0.2) is 0 Å². The van der Waals surface area contributed by atoms with Gasteiger partial charge in [0, 0.05) is 12.3 Å². The predicted octanol–water partition coefficient (Wildman–Crippen LogP) is 2.21. The summed E-state index contributed by atoms with van der Waals surface area (Å²) < 4.78 is 10.1. The standard InChI is InChI=1S/C16H23N3O4/c1-4-9-17-15(20)10-12(2)18-19-16(21)23-11-13-5-7-14(22-3)8-6-13/h5-8H,4,9-11H2,1-3H3,(H,17,20)(H,19,21)/b18-12+. The molecule has 126 valence electrons. The van der Waals surface area contributed by atoms with E-state index < -0.39 is 6.09 Å². The van der Waals surface area contributed by atoms with E-state index in [1.165, 1.54) is 0 Å². The number of ether oxygens (including phenoxy) is 2. The highest BCUT2D eigenvalue weighted by molar-refractivity contribution is 5.99. The molecule has 0 unspecified atom stereocenters. The Balaban J connectivity index is 2.32. The summed E-state index contributed by atoms with van der Waals surface area (Å²) in [6.07, 6.45) is 0.338. The highest BCUT2D eigenvalue weighted by Crippen LogP contribution is 2.11. The Morgan fingerprint density at radius 2 is 1.91 bits per heavy atom. The fourth-order valence-electron chi connectivity index (χ4n) is 1.64. The topological polar surface area (TPSA) is 89.0 Å². The summed E-state index contributed by atoms with van der Waals surface area (Å²) in [6, 6.07) is 7.18. The Kier molecular flexibility index (Phi) is 8.20. The molecule has 0 fully saturated rings. The SMILES string of the molecule is CCCNC(=O)C/C(C)=N/NC(=O)OCc1ccc(OC)cc1. The number of nitrogens with one attached hydrogen (secondary N) is 2. The van der Waals surface area contributed by atoms with Crippen molar-refractivity contribution in [3.63, 3.8) is 0 Å². The van der Waals surface area contributed by atoms with Gasteiger partial charge in [-0.05, 0) is 31.0 Å². The molecular formula is C16H23N3O4. The molecule has 0 atom stereocenters. The fraction of sp³-hybridized carbons (Fsp3) is 0.438. The number of benzene rings is 1. The zero-order valence-electron chi connectivity index (χ0n) is 13.7. The molecule has 7 nitrogen and oxygen atoms in total. The van der Waals surface area contributed by atoms with Crippen LogP contribution in [0.1, 0.15) is 32.3 Å². The van der Waals surface area contributed by atoms with Crippen molar-refractivity contribution in [3.05, 3.63) is 29.8 Å². The predicted molar refractivity (Wildman–Crippen MR) is 87.3 cm³/mol. The van der Waals surface area contributed by atoms with Gasteiger partial charge in [0.25, 0.3) is 0 Å². The molecule has 0 radical (unpaired) electrons. The van der Waals surface area contributed by atoms with Crippen LogP contribution in [0.15, 0.2) is 29.4 Å². The third-order valence-corrected chi connectivity index (χ3v) is 2.86. The Morgan fingerprint density at radius 1 is 1.22 bits per heavy atom. The lowest BCUT2D eigenvalue weighted by atomic mass is 10.2. The maximum absolute atomic E-state index is 11.5. The van der Waals surface area contributed by atoms with Crippen LogP contribution in [-0.2, 0) is 16.1 Å². The molecule has 0 aliphatic rings. The summed E-state index contributed by atoms with van der Waals surface area (Å²) in [4.78, 5) is 23.0. The third kappa shape index (κ3) is 7.85. The van der Waals surface area contributed by atoms with Crippen molar-refractivity contribution < 1.29 is 19.1 Å². The lowest BCUT2D eigenvalue weighted by Gasteiger charge is -2.06. The summed E-state index contributed by atoms with van der Waals surface area (Å²) >= 11 is 0. The molecule has 0 saturated carbocycles. The van der Waals surface area contributed by atoms with Crippen LogP contribution in [0.5, 0.6) is 5.75 Å². The summed E-state index contributed by atoms with van der Waals surface area (Å²) in [5.41, 5.74) is 3.59. The first-order chi connectivity index (χ1) is 11.0. The van der Waals surface area contributed by atoms with Gasteiger partial charge in [-0.25, -0.2) is 10.2 Å². The highest BCUT2D eigenvalue weighted by atomic mass is 16.6. The third-order valence-electron chi connectivity index (χ3n) is 2.86. The van der Waals surface area contributed by atoms with Crippen LogP contribution >= 0.6 is 0 Å². The average molecular weight is 321 g/mol. The Bertz CT molecular complexity index is 541. The van der Waals surface area contributed by atoms with Crippen molar-refractivity contribution in [3.8, 4) is 5.75 Å². The molecular weight excluding hydrogens is 298 g/mol. The van der Waals surface area contributed by atoms with Crippen molar-refractivity contribution >= 4 is 17.7 Å². The average Bonchev–Trinajstić information content (AvgIpc) is 2.56. The molecule has 0 bridgehead atoms. The number of hydrogen-bond donors (Lipinski definition) is 2. The minimum absolute atomic E-state index is 0.124. The van der Waals surface area contributed by atoms with Gasteiger partial charge in [0.05, 0.1) is 13.5 Å². The first kappa shape index (κ1) is 18.5. The lowest BCUT2D eigenvalue weighted by molar-refractivity contribution is -0.119. The van der Waals surface area contributed by atoms with Crippen LogP contribution in [0.25, 0.3) is 0 Å². The van der Waals surface area contributed by atoms with Gasteiger partial charge >= 0.3 is 6.09 Å². The van der Waals surface area contributed by atoms with Gasteiger partial charge in [0.2, 0.25) is 5.91 Å². The second kappa shape index (κ2) is 10.2. The first-order valence-electron chi connectivity index (χ1n) is 7.40. The van der Waals surface area contributed by atoms with Crippen molar-refractivity contribution in [1.29, 1.82) is 0 Å². The van der Waals surface area contributed by atoms with Crippen LogP contribution in [0, 0.1) is 0 Å². The molecule has 0 saturated heterocycles. The molecule has 2 N–H and O–H groups in total. The molecule has 23 heavy (non-hydrogen) atoms. The monoisotopic (exact) mass is 321 g/mol. The van der Waals surface area contributed by atoms with E-state index in [0.717, 1.165) is 17.7 Å². The van der Waals surface area contributed by atoms with E-state index in [1.807, 2.05) is 6.92 Å². The molecule has 0 spiro atoms.